The van der Waals surface area contributed by atoms with E-state index in [0.29, 0.717) is 15.1 Å². The van der Waals surface area contributed by atoms with Crippen LogP contribution < -0.4 is 5.19 Å². The van der Waals surface area contributed by atoms with Gasteiger partial charge in [-0.3, -0.25) is 0 Å². The summed E-state index contributed by atoms with van der Waals surface area (Å²) in [7, 11) is 1.97. The van der Waals surface area contributed by atoms with Crippen molar-refractivity contribution in [2.45, 2.75) is 0 Å². The molecule has 13 heavy (non-hydrogen) atoms. The summed E-state index contributed by atoms with van der Waals surface area (Å²) in [4.78, 5) is 11.0. The Morgan fingerprint density at radius 2 is 2.08 bits per heavy atom. The molecule has 0 saturated heterocycles. The minimum absolute atomic E-state index is 0.298. The van der Waals surface area contributed by atoms with Gasteiger partial charge in [0.2, 0.25) is 0 Å². The first kappa shape index (κ1) is 9.73. The van der Waals surface area contributed by atoms with Crippen molar-refractivity contribution in [2.24, 2.45) is 0 Å². The molecule has 0 amide bonds. The molecule has 2 nitrogen and oxygen atoms in total. The molecule has 0 spiro atoms. The third-order valence-electron chi connectivity index (χ3n) is 1.57. The lowest BCUT2D eigenvalue weighted by atomic mass is 10.2. The van der Waals surface area contributed by atoms with Gasteiger partial charge in [-0.05, 0) is 12.1 Å². The first-order valence-electron chi connectivity index (χ1n) is 3.83. The number of ether oxygens (including phenoxy) is 1. The lowest BCUT2D eigenvalue weighted by molar-refractivity contribution is 0.0601. The number of carbonyl (C=O) groups excluding carboxylic acids is 1. The molecule has 0 aliphatic carbocycles. The molecule has 2 radical (unpaired) electrons. The second-order valence-corrected chi connectivity index (χ2v) is 3.69. The van der Waals surface area contributed by atoms with E-state index >= 15 is 0 Å². The van der Waals surface area contributed by atoms with Gasteiger partial charge in [0.25, 0.3) is 0 Å². The summed E-state index contributed by atoms with van der Waals surface area (Å²) < 4.78 is 4.58. The number of esters is 1. The van der Waals surface area contributed by atoms with Crippen LogP contribution in [0.15, 0.2) is 36.5 Å². The first-order chi connectivity index (χ1) is 6.27. The van der Waals surface area contributed by atoms with Gasteiger partial charge in [0.1, 0.15) is 9.52 Å². The fourth-order valence-electron chi connectivity index (χ4n) is 0.938. The topological polar surface area (TPSA) is 26.3 Å². The number of methoxy groups -OCH3 is 1. The molecule has 66 valence electrons. The minimum atomic E-state index is -0.298. The molecule has 1 rings (SSSR count). The highest BCUT2D eigenvalue weighted by atomic mass is 28.2. The molecule has 0 bridgehead atoms. The Labute approximate surface area is 80.1 Å². The summed E-state index contributed by atoms with van der Waals surface area (Å²) in [5.41, 5.74) is 2.44. The van der Waals surface area contributed by atoms with Crippen LogP contribution in [0.1, 0.15) is 10.4 Å². The van der Waals surface area contributed by atoms with E-state index in [1.54, 1.807) is 12.1 Å². The number of hydrogen-bond acceptors (Lipinski definition) is 2. The number of rotatable bonds is 3. The van der Waals surface area contributed by atoms with Gasteiger partial charge in [-0.2, -0.15) is 0 Å². The zero-order valence-corrected chi connectivity index (χ0v) is 8.41. The molecule has 0 aliphatic rings. The van der Waals surface area contributed by atoms with Crippen molar-refractivity contribution in [1.29, 1.82) is 0 Å². The zero-order chi connectivity index (χ0) is 9.68. The van der Waals surface area contributed by atoms with Gasteiger partial charge in [0.05, 0.1) is 12.7 Å². The van der Waals surface area contributed by atoms with Crippen molar-refractivity contribution in [2.75, 3.05) is 7.11 Å². The normalized spacial score (nSPS) is 9.31. The van der Waals surface area contributed by atoms with Crippen LogP contribution in [0, 0.1) is 0 Å². The van der Waals surface area contributed by atoms with E-state index < -0.39 is 0 Å². The smallest absolute Gasteiger partial charge is 0.337 e. The molecule has 3 heteroatoms. The molecular formula is C10H10O2Si. The SMILES string of the molecule is C=C[Si]c1ccc(C(=O)OC)cc1. The average molecular weight is 190 g/mol. The van der Waals surface area contributed by atoms with E-state index in [0.717, 1.165) is 0 Å². The fraction of sp³-hybridized carbons (Fsp3) is 0.100. The molecule has 0 aliphatic heterocycles. The van der Waals surface area contributed by atoms with Crippen molar-refractivity contribution in [3.8, 4) is 0 Å². The lowest BCUT2D eigenvalue weighted by Gasteiger charge is -1.99. The first-order valence-corrected chi connectivity index (χ1v) is 4.91. The van der Waals surface area contributed by atoms with Gasteiger partial charge in [0.15, 0.2) is 0 Å². The fourth-order valence-corrected chi connectivity index (χ4v) is 1.53. The quantitative estimate of drug-likeness (QED) is 0.524. The molecule has 0 atom stereocenters. The van der Waals surface area contributed by atoms with Crippen molar-refractivity contribution < 1.29 is 9.53 Å². The van der Waals surface area contributed by atoms with Crippen LogP contribution in [0.5, 0.6) is 0 Å². The molecule has 0 aromatic heterocycles. The summed E-state index contributed by atoms with van der Waals surface area (Å²) in [6, 6.07) is 7.34. The van der Waals surface area contributed by atoms with Gasteiger partial charge < -0.3 is 4.74 Å². The van der Waals surface area contributed by atoms with Crippen LogP contribution in [0.25, 0.3) is 0 Å². The van der Waals surface area contributed by atoms with Crippen LogP contribution in [0.2, 0.25) is 0 Å². The highest BCUT2D eigenvalue weighted by molar-refractivity contribution is 6.58. The number of hydrogen-bond donors (Lipinski definition) is 0. The van der Waals surface area contributed by atoms with Gasteiger partial charge >= 0.3 is 5.97 Å². The Kier molecular flexibility index (Phi) is 3.46. The molecule has 0 fully saturated rings. The van der Waals surface area contributed by atoms with E-state index in [1.165, 1.54) is 12.3 Å². The van der Waals surface area contributed by atoms with E-state index in [4.69, 9.17) is 0 Å². The molecule has 1 aromatic rings. The van der Waals surface area contributed by atoms with Gasteiger partial charge in [0, 0.05) is 0 Å². The maximum absolute atomic E-state index is 11.0. The number of benzene rings is 1. The Balaban J connectivity index is 2.80. The summed E-state index contributed by atoms with van der Waals surface area (Å²) in [6.45, 7) is 3.65. The van der Waals surface area contributed by atoms with Crippen LogP contribution in [-0.4, -0.2) is 22.6 Å². The maximum atomic E-state index is 11.0. The highest BCUT2D eigenvalue weighted by Crippen LogP contribution is 1.98. The van der Waals surface area contributed by atoms with Crippen molar-refractivity contribution in [3.63, 3.8) is 0 Å². The molecule has 1 aromatic carbocycles. The summed E-state index contributed by atoms with van der Waals surface area (Å²) >= 11 is 0. The van der Waals surface area contributed by atoms with Crippen LogP contribution in [0.3, 0.4) is 0 Å². The zero-order valence-electron chi connectivity index (χ0n) is 7.41. The molecule has 0 unspecified atom stereocenters. The van der Waals surface area contributed by atoms with E-state index in [2.05, 4.69) is 11.3 Å². The Bertz CT molecular complexity index is 303. The third kappa shape index (κ3) is 2.56. The molecule has 0 heterocycles. The second-order valence-electron chi connectivity index (χ2n) is 2.42. The standard InChI is InChI=1S/C10H10O2Si/c1-3-13-9-6-4-8(5-7-9)10(11)12-2/h3-7H,1H2,2H3. The molecular weight excluding hydrogens is 180 g/mol. The van der Waals surface area contributed by atoms with E-state index in [1.807, 2.05) is 17.8 Å². The Hall–Kier alpha value is -1.35. The predicted octanol–water partition coefficient (Wildman–Crippen LogP) is 0.946. The predicted molar refractivity (Wildman–Crippen MR) is 53.4 cm³/mol. The summed E-state index contributed by atoms with van der Waals surface area (Å²) in [6.07, 6.45) is 0. The van der Waals surface area contributed by atoms with Crippen molar-refractivity contribution in [3.05, 3.63) is 42.1 Å². The second kappa shape index (κ2) is 4.62. The largest absolute Gasteiger partial charge is 0.465 e. The maximum Gasteiger partial charge on any atom is 0.337 e. The van der Waals surface area contributed by atoms with Crippen molar-refractivity contribution >= 4 is 20.7 Å². The number of carbonyl (C=O) groups is 1. The van der Waals surface area contributed by atoms with Crippen LogP contribution in [0.4, 0.5) is 0 Å². The summed E-state index contributed by atoms with van der Waals surface area (Å²) in [5.74, 6) is -0.298. The summed E-state index contributed by atoms with van der Waals surface area (Å²) in [5, 5.41) is 1.17. The van der Waals surface area contributed by atoms with Gasteiger partial charge in [-0.1, -0.05) is 17.3 Å². The van der Waals surface area contributed by atoms with Gasteiger partial charge in [-0.25, -0.2) is 4.79 Å². The average Bonchev–Trinajstić information content (AvgIpc) is 2.18. The minimum Gasteiger partial charge on any atom is -0.465 e. The monoisotopic (exact) mass is 190 g/mol. The third-order valence-corrected chi connectivity index (χ3v) is 2.45. The van der Waals surface area contributed by atoms with Gasteiger partial charge in [-0.15, -0.1) is 12.3 Å². The molecule has 0 N–H and O–H groups in total. The van der Waals surface area contributed by atoms with E-state index in [-0.39, 0.29) is 5.97 Å². The lowest BCUT2D eigenvalue weighted by Crippen LogP contribution is -2.12. The van der Waals surface area contributed by atoms with Crippen LogP contribution >= 0.6 is 0 Å². The highest BCUT2D eigenvalue weighted by Gasteiger charge is 2.03. The van der Waals surface area contributed by atoms with Crippen molar-refractivity contribution in [1.82, 2.24) is 0 Å². The van der Waals surface area contributed by atoms with E-state index in [9.17, 15) is 4.79 Å². The molecule has 0 saturated carbocycles. The van der Waals surface area contributed by atoms with Crippen LogP contribution in [-0.2, 0) is 4.74 Å². The Morgan fingerprint density at radius 3 is 2.54 bits per heavy atom. The Morgan fingerprint density at radius 1 is 1.46 bits per heavy atom.